The zero-order valence-corrected chi connectivity index (χ0v) is 12.1. The summed E-state index contributed by atoms with van der Waals surface area (Å²) < 4.78 is 5.14. The van der Waals surface area contributed by atoms with Gasteiger partial charge in [-0.15, -0.1) is 0 Å². The van der Waals surface area contributed by atoms with Crippen LogP contribution in [0, 0.1) is 5.92 Å². The summed E-state index contributed by atoms with van der Waals surface area (Å²) in [6.45, 7) is 0.242. The Balaban J connectivity index is 2.24. The van der Waals surface area contributed by atoms with Gasteiger partial charge in [-0.25, -0.2) is 4.98 Å². The topological polar surface area (TPSA) is 79.7 Å². The van der Waals surface area contributed by atoms with E-state index in [1.54, 1.807) is 0 Å². The maximum Gasteiger partial charge on any atom is 0.311 e. The Labute approximate surface area is 125 Å². The van der Waals surface area contributed by atoms with Crippen LogP contribution in [0.25, 0.3) is 0 Å². The van der Waals surface area contributed by atoms with Crippen LogP contribution in [0.3, 0.4) is 0 Å². The van der Waals surface area contributed by atoms with Gasteiger partial charge in [0.15, 0.2) is 0 Å². The number of carbonyl (C=O) groups excluding carboxylic acids is 1. The summed E-state index contributed by atoms with van der Waals surface area (Å²) in [4.78, 5) is 28.6. The third kappa shape index (κ3) is 2.87. The van der Waals surface area contributed by atoms with E-state index in [-0.39, 0.29) is 29.1 Å². The first kappa shape index (κ1) is 15.0. The summed E-state index contributed by atoms with van der Waals surface area (Å²) in [5.41, 5.74) is -0.00212. The lowest BCUT2D eigenvalue weighted by Gasteiger charge is -2.26. The minimum absolute atomic E-state index is 0.00212. The third-order valence-corrected chi connectivity index (χ3v) is 3.72. The lowest BCUT2D eigenvalue weighted by molar-refractivity contribution is -0.142. The number of hydrogen-bond acceptors (Lipinski definition) is 4. The van der Waals surface area contributed by atoms with Gasteiger partial charge >= 0.3 is 5.97 Å². The summed E-state index contributed by atoms with van der Waals surface area (Å²) in [6.07, 6.45) is 0. The Bertz CT molecular complexity index is 552. The summed E-state index contributed by atoms with van der Waals surface area (Å²) in [5, 5.41) is 9.41. The molecular weight excluding hydrogens is 307 g/mol. The molecule has 1 amide bonds. The molecule has 1 aliphatic rings. The number of hydrogen-bond donors (Lipinski definition) is 1. The number of aromatic nitrogens is 1. The molecule has 2 heterocycles. The van der Waals surface area contributed by atoms with E-state index >= 15 is 0 Å². The second kappa shape index (κ2) is 5.95. The fraction of sp³-hybridized carbons (Fsp3) is 0.417. The predicted octanol–water partition coefficient (Wildman–Crippen LogP) is 1.56. The Morgan fingerprint density at radius 1 is 1.40 bits per heavy atom. The van der Waals surface area contributed by atoms with Gasteiger partial charge in [-0.05, 0) is 12.1 Å². The minimum atomic E-state index is -1.00. The van der Waals surface area contributed by atoms with Crippen LogP contribution in [0.2, 0.25) is 10.2 Å². The molecule has 1 aliphatic heterocycles. The minimum Gasteiger partial charge on any atom is -0.481 e. The van der Waals surface area contributed by atoms with Crippen molar-refractivity contribution in [2.24, 2.45) is 5.92 Å². The van der Waals surface area contributed by atoms with Gasteiger partial charge < -0.3 is 14.7 Å². The third-order valence-electron chi connectivity index (χ3n) is 3.20. The number of amides is 1. The van der Waals surface area contributed by atoms with Crippen molar-refractivity contribution in [1.82, 2.24) is 9.88 Å². The normalized spacial score (nSPS) is 21.8. The van der Waals surface area contributed by atoms with Gasteiger partial charge in [0.25, 0.3) is 5.91 Å². The lowest BCUT2D eigenvalue weighted by atomic mass is 10.0. The number of aliphatic carboxylic acids is 1. The van der Waals surface area contributed by atoms with E-state index in [9.17, 15) is 9.59 Å². The average molecular weight is 319 g/mol. The number of pyridine rings is 1. The molecule has 2 unspecified atom stereocenters. The van der Waals surface area contributed by atoms with Crippen molar-refractivity contribution in [3.63, 3.8) is 0 Å². The molecule has 0 bridgehead atoms. The van der Waals surface area contributed by atoms with E-state index in [0.29, 0.717) is 0 Å². The number of nitrogens with zero attached hydrogens (tertiary/aromatic N) is 2. The number of halogens is 2. The van der Waals surface area contributed by atoms with Gasteiger partial charge in [-0.2, -0.15) is 0 Å². The van der Waals surface area contributed by atoms with Crippen LogP contribution >= 0.6 is 23.2 Å². The molecule has 0 spiro atoms. The molecule has 0 radical (unpaired) electrons. The van der Waals surface area contributed by atoms with E-state index in [2.05, 4.69) is 4.98 Å². The molecule has 0 saturated carbocycles. The van der Waals surface area contributed by atoms with Crippen LogP contribution in [-0.2, 0) is 9.53 Å². The average Bonchev–Trinajstić information content (AvgIpc) is 2.89. The Morgan fingerprint density at radius 3 is 2.75 bits per heavy atom. The van der Waals surface area contributed by atoms with Gasteiger partial charge in [0.1, 0.15) is 16.8 Å². The van der Waals surface area contributed by atoms with Gasteiger partial charge in [-0.3, -0.25) is 9.59 Å². The molecule has 6 nitrogen and oxygen atoms in total. The first-order valence-electron chi connectivity index (χ1n) is 5.81. The van der Waals surface area contributed by atoms with Crippen LogP contribution < -0.4 is 0 Å². The molecule has 1 aromatic rings. The largest absolute Gasteiger partial charge is 0.481 e. The Hall–Kier alpha value is -1.37. The number of rotatable bonds is 3. The molecule has 1 N–H and O–H groups in total. The number of carboxylic acid groups (broad SMARTS) is 1. The molecule has 1 saturated heterocycles. The van der Waals surface area contributed by atoms with E-state index in [0.717, 1.165) is 0 Å². The van der Waals surface area contributed by atoms with E-state index in [1.807, 2.05) is 0 Å². The quantitative estimate of drug-likeness (QED) is 0.855. The molecule has 8 heteroatoms. The number of ether oxygens (including phenoxy) is 1. The highest BCUT2D eigenvalue weighted by molar-refractivity contribution is 6.34. The molecule has 0 aromatic carbocycles. The van der Waals surface area contributed by atoms with Crippen LogP contribution in [0.15, 0.2) is 12.1 Å². The fourth-order valence-corrected chi connectivity index (χ4v) is 2.38. The first-order chi connectivity index (χ1) is 9.41. The number of carboxylic acids is 1. The highest BCUT2D eigenvalue weighted by atomic mass is 35.5. The van der Waals surface area contributed by atoms with Crippen molar-refractivity contribution in [3.05, 3.63) is 28.0 Å². The molecular formula is C12H12Cl2N2O4. The highest BCUT2D eigenvalue weighted by Gasteiger charge is 2.39. The standard InChI is InChI=1S/C12H12Cl2N2O4/c1-16(8-5-20-4-6(8)12(18)19)11(17)10-7(13)2-3-9(14)15-10/h2-3,6,8H,4-5H2,1H3,(H,18,19). The fourth-order valence-electron chi connectivity index (χ4n) is 2.05. The molecule has 20 heavy (non-hydrogen) atoms. The van der Waals surface area contributed by atoms with Crippen molar-refractivity contribution in [2.75, 3.05) is 20.3 Å². The molecule has 108 valence electrons. The number of carbonyl (C=O) groups is 2. The zero-order valence-electron chi connectivity index (χ0n) is 10.5. The Morgan fingerprint density at radius 2 is 2.10 bits per heavy atom. The lowest BCUT2D eigenvalue weighted by Crippen LogP contribution is -2.44. The summed E-state index contributed by atoms with van der Waals surface area (Å²) in [5.74, 6) is -2.25. The SMILES string of the molecule is CN(C(=O)c1nc(Cl)ccc1Cl)C1COCC1C(=O)O. The molecule has 2 rings (SSSR count). The maximum atomic E-state index is 12.3. The summed E-state index contributed by atoms with van der Waals surface area (Å²) in [6, 6.07) is 2.38. The van der Waals surface area contributed by atoms with Crippen molar-refractivity contribution in [2.45, 2.75) is 6.04 Å². The van der Waals surface area contributed by atoms with E-state index < -0.39 is 23.8 Å². The van der Waals surface area contributed by atoms with E-state index in [1.165, 1.54) is 24.1 Å². The summed E-state index contributed by atoms with van der Waals surface area (Å²) in [7, 11) is 1.50. The zero-order chi connectivity index (χ0) is 14.9. The van der Waals surface area contributed by atoms with Gasteiger partial charge in [0.2, 0.25) is 0 Å². The molecule has 2 atom stereocenters. The smallest absolute Gasteiger partial charge is 0.311 e. The molecule has 0 aliphatic carbocycles. The number of likely N-dealkylation sites (N-methyl/N-ethyl adjacent to an activating group) is 1. The van der Waals surface area contributed by atoms with E-state index in [4.69, 9.17) is 33.0 Å². The second-order valence-electron chi connectivity index (χ2n) is 4.43. The van der Waals surface area contributed by atoms with Crippen molar-refractivity contribution >= 4 is 35.1 Å². The highest BCUT2D eigenvalue weighted by Crippen LogP contribution is 2.23. The van der Waals surface area contributed by atoms with Crippen molar-refractivity contribution in [1.29, 1.82) is 0 Å². The van der Waals surface area contributed by atoms with Crippen molar-refractivity contribution < 1.29 is 19.4 Å². The van der Waals surface area contributed by atoms with Crippen LogP contribution in [0.5, 0.6) is 0 Å². The van der Waals surface area contributed by atoms with Gasteiger partial charge in [0.05, 0.1) is 24.3 Å². The van der Waals surface area contributed by atoms with Crippen molar-refractivity contribution in [3.8, 4) is 0 Å². The van der Waals surface area contributed by atoms with Gasteiger partial charge in [-0.1, -0.05) is 23.2 Å². The van der Waals surface area contributed by atoms with Crippen LogP contribution in [-0.4, -0.2) is 53.2 Å². The van der Waals surface area contributed by atoms with Crippen LogP contribution in [0.1, 0.15) is 10.5 Å². The predicted molar refractivity (Wildman–Crippen MR) is 72.1 cm³/mol. The Kier molecular flexibility index (Phi) is 4.47. The molecule has 1 aromatic heterocycles. The molecule has 1 fully saturated rings. The first-order valence-corrected chi connectivity index (χ1v) is 6.57. The summed E-state index contributed by atoms with van der Waals surface area (Å²) >= 11 is 11.7. The second-order valence-corrected chi connectivity index (χ2v) is 5.22. The monoisotopic (exact) mass is 318 g/mol. The van der Waals surface area contributed by atoms with Crippen LogP contribution in [0.4, 0.5) is 0 Å². The van der Waals surface area contributed by atoms with Gasteiger partial charge in [0, 0.05) is 7.05 Å². The maximum absolute atomic E-state index is 12.3.